The Balaban J connectivity index is 1.40. The summed E-state index contributed by atoms with van der Waals surface area (Å²) in [5.41, 5.74) is -1.64. The number of nitrogens with one attached hydrogen (secondary N) is 2. The van der Waals surface area contributed by atoms with Crippen LogP contribution in [0.4, 0.5) is 14.9 Å². The number of amides is 5. The Morgan fingerprint density at radius 2 is 1.88 bits per heavy atom. The van der Waals surface area contributed by atoms with E-state index >= 15 is 0 Å². The Hall–Kier alpha value is -4.68. The normalized spacial score (nSPS) is 17.5. The van der Waals surface area contributed by atoms with E-state index in [9.17, 15) is 23.6 Å². The lowest BCUT2D eigenvalue weighted by Crippen LogP contribution is -2.75. The molecule has 5 rings (SSSR count). The van der Waals surface area contributed by atoms with Crippen molar-refractivity contribution in [1.82, 2.24) is 25.8 Å². The molecule has 1 aromatic carbocycles. The van der Waals surface area contributed by atoms with Gasteiger partial charge in [0, 0.05) is 18.6 Å². The van der Waals surface area contributed by atoms with Gasteiger partial charge >= 0.3 is 6.03 Å². The van der Waals surface area contributed by atoms with Crippen molar-refractivity contribution < 1.29 is 32.7 Å². The van der Waals surface area contributed by atoms with Crippen molar-refractivity contribution >= 4 is 29.4 Å². The van der Waals surface area contributed by atoms with Crippen molar-refractivity contribution in [2.24, 2.45) is 0 Å². The molecule has 2 aliphatic heterocycles. The lowest BCUT2D eigenvalue weighted by atomic mass is 9.82. The van der Waals surface area contributed by atoms with Gasteiger partial charge in [-0.05, 0) is 31.0 Å². The number of hydrogen-bond acceptors (Lipinski definition) is 9. The molecule has 2 aliphatic rings. The van der Waals surface area contributed by atoms with Crippen molar-refractivity contribution in [2.75, 3.05) is 4.90 Å². The summed E-state index contributed by atoms with van der Waals surface area (Å²) in [6, 6.07) is 5.90. The topological polar surface area (TPSA) is 157 Å². The number of barbiturate groups is 1. The lowest BCUT2D eigenvalue weighted by Gasteiger charge is -2.45. The predicted octanol–water partition coefficient (Wildman–Crippen LogP) is 1.68. The highest BCUT2D eigenvalue weighted by molar-refractivity contribution is 6.27. The van der Waals surface area contributed by atoms with E-state index in [2.05, 4.69) is 25.8 Å². The summed E-state index contributed by atoms with van der Waals surface area (Å²) in [6.07, 6.45) is 2.78. The Morgan fingerprint density at radius 1 is 1.09 bits per heavy atom. The fourth-order valence-corrected chi connectivity index (χ4v) is 3.98. The number of hydrogen-bond donors (Lipinski definition) is 2. The SMILES string of the molecule is O=C1NC(=O)C2(CCCC(=O)N2c2ccc(Oc3ccc(-c4nnco4)c(F)c3)nc2)C(=O)N1. The summed E-state index contributed by atoms with van der Waals surface area (Å²) < 4.78 is 25.0. The smallest absolute Gasteiger partial charge is 0.328 e. The van der Waals surface area contributed by atoms with E-state index in [0.717, 1.165) is 17.4 Å². The van der Waals surface area contributed by atoms with Gasteiger partial charge in [-0.3, -0.25) is 29.9 Å². The van der Waals surface area contributed by atoms with E-state index in [0.29, 0.717) is 6.42 Å². The van der Waals surface area contributed by atoms with E-state index < -0.39 is 35.1 Å². The molecule has 5 amide bonds. The standard InChI is InChI=1S/C21H15FN6O6/c22-14-8-12(4-5-13(14)17-27-24-10-33-17)34-15-6-3-11(9-23-15)28-16(29)2-1-7-21(28)18(30)25-20(32)26-19(21)31/h3-6,8-10H,1-2,7H2,(H2,25,26,30,31,32). The zero-order chi connectivity index (χ0) is 23.9. The lowest BCUT2D eigenvalue weighted by molar-refractivity contribution is -0.143. The van der Waals surface area contributed by atoms with Gasteiger partial charge in [-0.2, -0.15) is 0 Å². The molecule has 2 N–H and O–H groups in total. The van der Waals surface area contributed by atoms with Gasteiger partial charge in [0.1, 0.15) is 11.6 Å². The van der Waals surface area contributed by atoms with Crippen LogP contribution in [0.15, 0.2) is 47.3 Å². The number of imide groups is 2. The molecular weight excluding hydrogens is 451 g/mol. The molecular formula is C21H15FN6O6. The van der Waals surface area contributed by atoms with E-state index in [1.165, 1.54) is 30.5 Å². The van der Waals surface area contributed by atoms with Gasteiger partial charge < -0.3 is 9.15 Å². The Labute approximate surface area is 190 Å². The van der Waals surface area contributed by atoms with Crippen molar-refractivity contribution in [3.8, 4) is 23.1 Å². The molecule has 12 nitrogen and oxygen atoms in total. The zero-order valence-electron chi connectivity index (χ0n) is 17.3. The van der Waals surface area contributed by atoms with Crippen molar-refractivity contribution in [1.29, 1.82) is 0 Å². The molecule has 0 radical (unpaired) electrons. The number of aromatic nitrogens is 3. The van der Waals surface area contributed by atoms with Crippen LogP contribution in [-0.2, 0) is 14.4 Å². The number of ether oxygens (including phenoxy) is 1. The number of halogens is 1. The van der Waals surface area contributed by atoms with Crippen LogP contribution < -0.4 is 20.3 Å². The number of benzene rings is 1. The molecule has 34 heavy (non-hydrogen) atoms. The molecule has 0 saturated carbocycles. The van der Waals surface area contributed by atoms with Crippen LogP contribution in [0.2, 0.25) is 0 Å². The number of anilines is 1. The largest absolute Gasteiger partial charge is 0.439 e. The molecule has 2 saturated heterocycles. The van der Waals surface area contributed by atoms with Gasteiger partial charge in [0.15, 0.2) is 0 Å². The van der Waals surface area contributed by atoms with E-state index in [4.69, 9.17) is 9.15 Å². The molecule has 4 heterocycles. The summed E-state index contributed by atoms with van der Waals surface area (Å²) >= 11 is 0. The van der Waals surface area contributed by atoms with Crippen LogP contribution in [0, 0.1) is 5.82 Å². The van der Waals surface area contributed by atoms with Gasteiger partial charge in [0.05, 0.1) is 17.4 Å². The first kappa shape index (κ1) is 21.2. The monoisotopic (exact) mass is 466 g/mol. The van der Waals surface area contributed by atoms with Crippen molar-refractivity contribution in [3.63, 3.8) is 0 Å². The van der Waals surface area contributed by atoms with E-state index in [1.54, 1.807) is 0 Å². The highest BCUT2D eigenvalue weighted by Crippen LogP contribution is 2.36. The summed E-state index contributed by atoms with van der Waals surface area (Å²) in [4.78, 5) is 54.8. The average molecular weight is 466 g/mol. The van der Waals surface area contributed by atoms with Crippen LogP contribution in [0.5, 0.6) is 11.6 Å². The van der Waals surface area contributed by atoms with Crippen LogP contribution in [0.25, 0.3) is 11.5 Å². The first-order chi connectivity index (χ1) is 16.4. The minimum atomic E-state index is -1.90. The third-order valence-corrected chi connectivity index (χ3v) is 5.50. The molecule has 0 atom stereocenters. The second kappa shape index (κ2) is 8.03. The zero-order valence-corrected chi connectivity index (χ0v) is 17.3. The molecule has 0 aliphatic carbocycles. The highest BCUT2D eigenvalue weighted by atomic mass is 19.1. The van der Waals surface area contributed by atoms with Crippen molar-refractivity contribution in [3.05, 3.63) is 48.7 Å². The van der Waals surface area contributed by atoms with E-state index in [1.807, 2.05) is 0 Å². The van der Waals surface area contributed by atoms with Crippen LogP contribution in [0.3, 0.4) is 0 Å². The Bertz CT molecular complexity index is 1290. The third-order valence-electron chi connectivity index (χ3n) is 5.50. The second-order valence-electron chi connectivity index (χ2n) is 7.52. The number of urea groups is 1. The van der Waals surface area contributed by atoms with Gasteiger partial charge in [0.25, 0.3) is 11.8 Å². The summed E-state index contributed by atoms with van der Waals surface area (Å²) in [7, 11) is 0. The number of nitrogens with zero attached hydrogens (tertiary/aromatic N) is 4. The minimum absolute atomic E-state index is 0.0177. The highest BCUT2D eigenvalue weighted by Gasteiger charge is 2.58. The molecule has 2 fully saturated rings. The van der Waals surface area contributed by atoms with Gasteiger partial charge in [-0.25, -0.2) is 14.2 Å². The summed E-state index contributed by atoms with van der Waals surface area (Å²) in [5, 5.41) is 11.3. The number of rotatable bonds is 4. The van der Waals surface area contributed by atoms with Gasteiger partial charge in [-0.1, -0.05) is 0 Å². The molecule has 172 valence electrons. The molecule has 1 spiro atoms. The van der Waals surface area contributed by atoms with Crippen LogP contribution in [0.1, 0.15) is 19.3 Å². The van der Waals surface area contributed by atoms with E-state index in [-0.39, 0.29) is 41.6 Å². The number of pyridine rings is 1. The van der Waals surface area contributed by atoms with Gasteiger partial charge in [-0.15, -0.1) is 10.2 Å². The van der Waals surface area contributed by atoms with Crippen LogP contribution >= 0.6 is 0 Å². The quantitative estimate of drug-likeness (QED) is 0.546. The maximum Gasteiger partial charge on any atom is 0.328 e. The number of carbonyl (C=O) groups excluding carboxylic acids is 4. The van der Waals surface area contributed by atoms with Gasteiger partial charge in [0.2, 0.25) is 29.6 Å². The van der Waals surface area contributed by atoms with Crippen LogP contribution in [-0.4, -0.2) is 44.5 Å². The predicted molar refractivity (Wildman–Crippen MR) is 110 cm³/mol. The number of piperidine rings is 1. The average Bonchev–Trinajstić information content (AvgIpc) is 3.33. The molecule has 0 bridgehead atoms. The first-order valence-corrected chi connectivity index (χ1v) is 10.1. The second-order valence-corrected chi connectivity index (χ2v) is 7.52. The molecule has 13 heteroatoms. The number of carbonyl (C=O) groups is 4. The molecule has 3 aromatic rings. The summed E-state index contributed by atoms with van der Waals surface area (Å²) in [5.74, 6) is -2.67. The Kier molecular flexibility index (Phi) is 5.00. The van der Waals surface area contributed by atoms with Crippen molar-refractivity contribution in [2.45, 2.75) is 24.8 Å². The summed E-state index contributed by atoms with van der Waals surface area (Å²) in [6.45, 7) is 0. The molecule has 0 unspecified atom stereocenters. The third kappa shape index (κ3) is 3.43. The minimum Gasteiger partial charge on any atom is -0.439 e. The fourth-order valence-electron chi connectivity index (χ4n) is 3.98. The maximum atomic E-state index is 14.4. The fraction of sp³-hybridized carbons (Fsp3) is 0.190. The first-order valence-electron chi connectivity index (χ1n) is 10.1. The Morgan fingerprint density at radius 3 is 2.53 bits per heavy atom. The maximum absolute atomic E-state index is 14.4. The molecule has 2 aromatic heterocycles.